The predicted octanol–water partition coefficient (Wildman–Crippen LogP) is 4.57. The Labute approximate surface area is 181 Å². The van der Waals surface area contributed by atoms with E-state index in [0.29, 0.717) is 10.7 Å². The van der Waals surface area contributed by atoms with Crippen LogP contribution in [-0.4, -0.2) is 29.4 Å². The van der Waals surface area contributed by atoms with Gasteiger partial charge >= 0.3 is 0 Å². The van der Waals surface area contributed by atoms with Gasteiger partial charge < -0.3 is 4.74 Å². The Hall–Kier alpha value is -1.97. The Morgan fingerprint density at radius 3 is 2.96 bits per heavy atom. The van der Waals surface area contributed by atoms with Crippen LogP contribution in [0.1, 0.15) is 27.2 Å². The Balaban J connectivity index is 1.38. The lowest BCUT2D eigenvalue weighted by Gasteiger charge is -2.28. The average Bonchev–Trinajstić information content (AvgIpc) is 3.14. The Morgan fingerprint density at radius 1 is 1.29 bits per heavy atom. The first kappa shape index (κ1) is 19.4. The number of thiazole rings is 1. The zero-order valence-corrected chi connectivity index (χ0v) is 18.4. The monoisotopic (exact) mass is 505 g/mol. The van der Waals surface area contributed by atoms with Crippen molar-refractivity contribution in [2.45, 2.75) is 19.5 Å². The number of nitrogens with one attached hydrogen (secondary N) is 1. The highest BCUT2D eigenvalue weighted by molar-refractivity contribution is 14.1. The molecule has 3 aromatic rings. The summed E-state index contributed by atoms with van der Waals surface area (Å²) in [5.41, 5.74) is 4.36. The minimum Gasteiger partial charge on any atom is -0.497 e. The largest absolute Gasteiger partial charge is 0.497 e. The van der Waals surface area contributed by atoms with Gasteiger partial charge in [0.2, 0.25) is 0 Å². The summed E-state index contributed by atoms with van der Waals surface area (Å²) in [5, 5.41) is 5.58. The van der Waals surface area contributed by atoms with Crippen LogP contribution in [0.2, 0.25) is 0 Å². The minimum absolute atomic E-state index is 0.119. The number of amides is 1. The second-order valence-corrected chi connectivity index (χ2v) is 8.69. The van der Waals surface area contributed by atoms with Crippen LogP contribution in [0, 0.1) is 3.57 Å². The Kier molecular flexibility index (Phi) is 5.93. The van der Waals surface area contributed by atoms with Crippen LogP contribution in [0.3, 0.4) is 0 Å². The molecule has 0 atom stereocenters. The highest BCUT2D eigenvalue weighted by atomic mass is 127. The Morgan fingerprint density at radius 2 is 2.14 bits per heavy atom. The van der Waals surface area contributed by atoms with Crippen LogP contribution in [0.5, 0.6) is 5.75 Å². The standard InChI is InChI=1S/C21H20IN3O2S/c1-27-17-7-6-15-11-25(9-8-14(15)10-17)12-16-13-28-21(23-16)24-20(26)18-4-2-3-5-19(18)22/h2-7,10,13H,8-9,11-12H2,1H3,(H,23,24,26). The van der Waals surface area contributed by atoms with Crippen molar-refractivity contribution in [3.63, 3.8) is 0 Å². The summed E-state index contributed by atoms with van der Waals surface area (Å²) in [5.74, 6) is 0.798. The second-order valence-electron chi connectivity index (χ2n) is 6.67. The number of rotatable bonds is 5. The number of hydrogen-bond acceptors (Lipinski definition) is 5. The Bertz CT molecular complexity index is 1000. The molecule has 144 valence electrons. The van der Waals surface area contributed by atoms with E-state index in [1.165, 1.54) is 22.5 Å². The lowest BCUT2D eigenvalue weighted by molar-refractivity contribution is 0.102. The fraction of sp³-hybridized carbons (Fsp3) is 0.238. The third-order valence-corrected chi connectivity index (χ3v) is 6.53. The van der Waals surface area contributed by atoms with Crippen molar-refractivity contribution in [1.82, 2.24) is 9.88 Å². The molecule has 2 heterocycles. The molecule has 0 saturated heterocycles. The number of carbonyl (C=O) groups is 1. The molecular weight excluding hydrogens is 485 g/mol. The van der Waals surface area contributed by atoms with E-state index < -0.39 is 0 Å². The number of fused-ring (bicyclic) bond motifs is 1. The van der Waals surface area contributed by atoms with Crippen molar-refractivity contribution in [2.75, 3.05) is 19.0 Å². The molecule has 0 radical (unpaired) electrons. The van der Waals surface area contributed by atoms with Gasteiger partial charge in [0.05, 0.1) is 18.4 Å². The molecule has 5 nitrogen and oxygen atoms in total. The fourth-order valence-corrected chi connectivity index (χ4v) is 4.65. The number of hydrogen-bond donors (Lipinski definition) is 1. The van der Waals surface area contributed by atoms with Gasteiger partial charge in [-0.3, -0.25) is 15.0 Å². The van der Waals surface area contributed by atoms with Crippen molar-refractivity contribution < 1.29 is 9.53 Å². The summed E-state index contributed by atoms with van der Waals surface area (Å²) in [6, 6.07) is 13.8. The van der Waals surface area contributed by atoms with Gasteiger partial charge in [0.15, 0.2) is 5.13 Å². The lowest BCUT2D eigenvalue weighted by atomic mass is 9.99. The highest BCUT2D eigenvalue weighted by Crippen LogP contribution is 2.25. The summed E-state index contributed by atoms with van der Waals surface area (Å²) < 4.78 is 6.25. The van der Waals surface area contributed by atoms with E-state index in [9.17, 15) is 4.79 Å². The normalized spacial score (nSPS) is 13.8. The van der Waals surface area contributed by atoms with Crippen LogP contribution >= 0.6 is 33.9 Å². The van der Waals surface area contributed by atoms with E-state index in [2.05, 4.69) is 49.9 Å². The first-order valence-corrected chi connectivity index (χ1v) is 11.0. The van der Waals surface area contributed by atoms with E-state index >= 15 is 0 Å². The fourth-order valence-electron chi connectivity index (χ4n) is 3.33. The maximum Gasteiger partial charge on any atom is 0.258 e. The molecule has 1 N–H and O–H groups in total. The summed E-state index contributed by atoms with van der Waals surface area (Å²) in [6.45, 7) is 2.67. The number of anilines is 1. The third kappa shape index (κ3) is 4.37. The molecule has 0 aliphatic carbocycles. The number of ether oxygens (including phenoxy) is 1. The van der Waals surface area contributed by atoms with E-state index in [0.717, 1.165) is 41.1 Å². The van der Waals surface area contributed by atoms with Gasteiger partial charge in [-0.05, 0) is 64.4 Å². The number of nitrogens with zero attached hydrogens (tertiary/aromatic N) is 2. The molecule has 4 rings (SSSR count). The molecule has 28 heavy (non-hydrogen) atoms. The predicted molar refractivity (Wildman–Crippen MR) is 120 cm³/mol. The van der Waals surface area contributed by atoms with Crippen molar-refractivity contribution in [1.29, 1.82) is 0 Å². The van der Waals surface area contributed by atoms with Crippen LogP contribution in [-0.2, 0) is 19.5 Å². The van der Waals surface area contributed by atoms with E-state index in [1.807, 2.05) is 35.7 Å². The molecule has 0 spiro atoms. The minimum atomic E-state index is -0.119. The van der Waals surface area contributed by atoms with Gasteiger partial charge in [-0.2, -0.15) is 0 Å². The molecule has 1 aliphatic rings. The number of methoxy groups -OCH3 is 1. The summed E-state index contributed by atoms with van der Waals surface area (Å²) in [4.78, 5) is 19.4. The summed E-state index contributed by atoms with van der Waals surface area (Å²) in [7, 11) is 1.70. The average molecular weight is 505 g/mol. The molecule has 7 heteroatoms. The number of carbonyl (C=O) groups excluding carboxylic acids is 1. The zero-order chi connectivity index (χ0) is 19.5. The topological polar surface area (TPSA) is 54.5 Å². The van der Waals surface area contributed by atoms with E-state index in [4.69, 9.17) is 4.74 Å². The van der Waals surface area contributed by atoms with Gasteiger partial charge in [0.25, 0.3) is 5.91 Å². The number of aromatic nitrogens is 1. The van der Waals surface area contributed by atoms with Crippen LogP contribution in [0.25, 0.3) is 0 Å². The van der Waals surface area contributed by atoms with Gasteiger partial charge in [0.1, 0.15) is 5.75 Å². The van der Waals surface area contributed by atoms with Gasteiger partial charge in [-0.1, -0.05) is 18.2 Å². The van der Waals surface area contributed by atoms with Crippen LogP contribution in [0.15, 0.2) is 47.8 Å². The molecule has 1 aliphatic heterocycles. The molecule has 0 bridgehead atoms. The molecule has 2 aromatic carbocycles. The maximum absolute atomic E-state index is 12.5. The third-order valence-electron chi connectivity index (χ3n) is 4.78. The maximum atomic E-state index is 12.5. The number of halogens is 1. The lowest BCUT2D eigenvalue weighted by Crippen LogP contribution is -2.30. The molecule has 0 fully saturated rings. The van der Waals surface area contributed by atoms with Crippen molar-refractivity contribution >= 4 is 45.0 Å². The first-order chi connectivity index (χ1) is 13.6. The molecule has 0 unspecified atom stereocenters. The van der Waals surface area contributed by atoms with Crippen molar-refractivity contribution in [3.8, 4) is 5.75 Å². The smallest absolute Gasteiger partial charge is 0.258 e. The summed E-state index contributed by atoms with van der Waals surface area (Å²) in [6.07, 6.45) is 1.01. The first-order valence-electron chi connectivity index (χ1n) is 9.01. The molecule has 0 saturated carbocycles. The molecular formula is C21H20IN3O2S. The van der Waals surface area contributed by atoms with Crippen LogP contribution in [0.4, 0.5) is 5.13 Å². The van der Waals surface area contributed by atoms with Crippen molar-refractivity contribution in [3.05, 3.63) is 73.8 Å². The quantitative estimate of drug-likeness (QED) is 0.517. The van der Waals surface area contributed by atoms with E-state index in [-0.39, 0.29) is 5.91 Å². The van der Waals surface area contributed by atoms with Crippen molar-refractivity contribution in [2.24, 2.45) is 0 Å². The number of benzene rings is 2. The molecule has 1 amide bonds. The summed E-state index contributed by atoms with van der Waals surface area (Å²) >= 11 is 3.64. The van der Waals surface area contributed by atoms with Gasteiger partial charge in [-0.25, -0.2) is 4.98 Å². The van der Waals surface area contributed by atoms with Gasteiger partial charge in [0, 0.05) is 28.6 Å². The zero-order valence-electron chi connectivity index (χ0n) is 15.4. The van der Waals surface area contributed by atoms with Crippen LogP contribution < -0.4 is 10.1 Å². The van der Waals surface area contributed by atoms with Gasteiger partial charge in [-0.15, -0.1) is 11.3 Å². The molecule has 1 aromatic heterocycles. The van der Waals surface area contributed by atoms with E-state index in [1.54, 1.807) is 7.11 Å². The SMILES string of the molecule is COc1ccc2c(c1)CCN(Cc1csc(NC(=O)c3ccccc3I)n1)C2. The highest BCUT2D eigenvalue weighted by Gasteiger charge is 2.18. The second kappa shape index (κ2) is 8.59.